The quantitative estimate of drug-likeness (QED) is 0.524. The van der Waals surface area contributed by atoms with Gasteiger partial charge in [-0.05, 0) is 18.4 Å². The number of hydrogen-bond donors (Lipinski definition) is 0. The van der Waals surface area contributed by atoms with E-state index in [0.29, 0.717) is 11.7 Å². The Morgan fingerprint density at radius 2 is 1.73 bits per heavy atom. The molecule has 2 unspecified atom stereocenters. The molecular formula is C10H18O. The first-order valence-electron chi connectivity index (χ1n) is 4.35. The highest BCUT2D eigenvalue weighted by molar-refractivity contribution is 5.99. The summed E-state index contributed by atoms with van der Waals surface area (Å²) in [5.74, 6) is 1.00. The van der Waals surface area contributed by atoms with Gasteiger partial charge in [-0.15, -0.1) is 0 Å². The van der Waals surface area contributed by atoms with Crippen molar-refractivity contribution >= 4 is 5.78 Å². The van der Waals surface area contributed by atoms with Gasteiger partial charge in [-0.25, -0.2) is 0 Å². The molecule has 2 atom stereocenters. The molecule has 11 heavy (non-hydrogen) atoms. The molecule has 0 spiro atoms. The molecule has 0 aromatic heterocycles. The average Bonchev–Trinajstić information content (AvgIpc) is 2.22. The number of Topliss-reactive ketones (excluding diaryl/α,β-unsaturated/α-hetero) is 1. The number of rotatable bonds is 0. The lowest BCUT2D eigenvalue weighted by Crippen LogP contribution is -2.09. The molecular weight excluding hydrogens is 136 g/mol. The smallest absolute Gasteiger partial charge is 0.161 e. The zero-order valence-corrected chi connectivity index (χ0v) is 8.14. The molecule has 0 aromatic rings. The molecule has 0 N–H and O–H groups in total. The van der Waals surface area contributed by atoms with E-state index in [1.54, 1.807) is 0 Å². The number of ketones is 1. The van der Waals surface area contributed by atoms with E-state index in [4.69, 9.17) is 0 Å². The van der Waals surface area contributed by atoms with Crippen LogP contribution in [0.25, 0.3) is 0 Å². The number of hydrogen-bond acceptors (Lipinski definition) is 1. The predicted octanol–water partition coefficient (Wildman–Crippen LogP) is 2.81. The van der Waals surface area contributed by atoms with Gasteiger partial charge in [0.1, 0.15) is 0 Å². The standard InChI is InChI=1S/C8H12O.C2H6/c1-5-4-6(2)8(9)7(5)3;1-2/h4-5,7H,1-3H3;1-2H3. The maximum atomic E-state index is 11.0. The Kier molecular flexibility index (Phi) is 4.09. The molecule has 0 aromatic carbocycles. The zero-order chi connectivity index (χ0) is 9.02. The fourth-order valence-electron chi connectivity index (χ4n) is 1.22. The summed E-state index contributed by atoms with van der Waals surface area (Å²) in [5.41, 5.74) is 0.940. The maximum Gasteiger partial charge on any atom is 0.161 e. The second-order valence-corrected chi connectivity index (χ2v) is 2.86. The van der Waals surface area contributed by atoms with E-state index < -0.39 is 0 Å². The molecule has 1 nitrogen and oxygen atoms in total. The molecule has 0 saturated heterocycles. The van der Waals surface area contributed by atoms with Gasteiger partial charge in [-0.2, -0.15) is 0 Å². The predicted molar refractivity (Wildman–Crippen MR) is 48.4 cm³/mol. The molecule has 1 aliphatic carbocycles. The highest BCUT2D eigenvalue weighted by Gasteiger charge is 2.25. The van der Waals surface area contributed by atoms with Crippen LogP contribution >= 0.6 is 0 Å². The summed E-state index contributed by atoms with van der Waals surface area (Å²) in [7, 11) is 0. The van der Waals surface area contributed by atoms with Crippen molar-refractivity contribution in [1.29, 1.82) is 0 Å². The summed E-state index contributed by atoms with van der Waals surface area (Å²) in [6.07, 6.45) is 2.05. The van der Waals surface area contributed by atoms with Crippen LogP contribution in [0.2, 0.25) is 0 Å². The fourth-order valence-corrected chi connectivity index (χ4v) is 1.22. The molecule has 0 amide bonds. The Labute approximate surface area is 69.5 Å². The van der Waals surface area contributed by atoms with Crippen LogP contribution in [0.3, 0.4) is 0 Å². The van der Waals surface area contributed by atoms with Gasteiger partial charge in [-0.3, -0.25) is 4.79 Å². The van der Waals surface area contributed by atoms with Gasteiger partial charge in [-0.1, -0.05) is 33.8 Å². The van der Waals surface area contributed by atoms with Gasteiger partial charge in [0.05, 0.1) is 0 Å². The summed E-state index contributed by atoms with van der Waals surface area (Å²) in [6, 6.07) is 0. The van der Waals surface area contributed by atoms with Crippen molar-refractivity contribution in [2.75, 3.05) is 0 Å². The first-order valence-corrected chi connectivity index (χ1v) is 4.35. The third kappa shape index (κ3) is 2.18. The van der Waals surface area contributed by atoms with Crippen molar-refractivity contribution < 1.29 is 4.79 Å². The normalized spacial score (nSPS) is 29.2. The lowest BCUT2D eigenvalue weighted by molar-refractivity contribution is -0.118. The average molecular weight is 154 g/mol. The summed E-state index contributed by atoms with van der Waals surface area (Å²) in [6.45, 7) is 9.96. The van der Waals surface area contributed by atoms with Crippen molar-refractivity contribution in [2.24, 2.45) is 11.8 Å². The summed E-state index contributed by atoms with van der Waals surface area (Å²) >= 11 is 0. The highest BCUT2D eigenvalue weighted by Crippen LogP contribution is 2.25. The van der Waals surface area contributed by atoms with E-state index in [2.05, 4.69) is 6.92 Å². The van der Waals surface area contributed by atoms with Gasteiger partial charge >= 0.3 is 0 Å². The Balaban J connectivity index is 0.000000461. The fraction of sp³-hybridized carbons (Fsp3) is 0.700. The molecule has 1 aliphatic rings. The van der Waals surface area contributed by atoms with Crippen molar-refractivity contribution in [3.8, 4) is 0 Å². The molecule has 0 heterocycles. The van der Waals surface area contributed by atoms with Crippen LogP contribution in [-0.2, 0) is 4.79 Å². The molecule has 0 saturated carbocycles. The first-order chi connectivity index (χ1) is 5.13. The van der Waals surface area contributed by atoms with Gasteiger partial charge in [0.25, 0.3) is 0 Å². The van der Waals surface area contributed by atoms with Gasteiger partial charge in [0.2, 0.25) is 0 Å². The molecule has 1 heteroatoms. The Morgan fingerprint density at radius 1 is 1.27 bits per heavy atom. The molecule has 0 bridgehead atoms. The zero-order valence-electron chi connectivity index (χ0n) is 8.14. The monoisotopic (exact) mass is 154 g/mol. The number of carbonyl (C=O) groups is 1. The maximum absolute atomic E-state index is 11.0. The largest absolute Gasteiger partial charge is 0.294 e. The van der Waals surface area contributed by atoms with Crippen molar-refractivity contribution in [1.82, 2.24) is 0 Å². The van der Waals surface area contributed by atoms with E-state index in [9.17, 15) is 4.79 Å². The Hall–Kier alpha value is -0.590. The van der Waals surface area contributed by atoms with Crippen molar-refractivity contribution in [3.05, 3.63) is 11.6 Å². The van der Waals surface area contributed by atoms with Crippen molar-refractivity contribution in [2.45, 2.75) is 34.6 Å². The third-order valence-electron chi connectivity index (χ3n) is 2.10. The Morgan fingerprint density at radius 3 is 1.82 bits per heavy atom. The lowest BCUT2D eigenvalue weighted by atomic mass is 9.99. The van der Waals surface area contributed by atoms with Crippen molar-refractivity contribution in [3.63, 3.8) is 0 Å². The number of allylic oxidation sites excluding steroid dienone is 2. The van der Waals surface area contributed by atoms with Crippen LogP contribution in [0.5, 0.6) is 0 Å². The van der Waals surface area contributed by atoms with E-state index in [-0.39, 0.29) is 5.92 Å². The second kappa shape index (κ2) is 4.32. The van der Waals surface area contributed by atoms with Crippen LogP contribution in [0.1, 0.15) is 34.6 Å². The number of carbonyl (C=O) groups excluding carboxylic acids is 1. The molecule has 1 rings (SSSR count). The van der Waals surface area contributed by atoms with Crippen LogP contribution in [0, 0.1) is 11.8 Å². The van der Waals surface area contributed by atoms with Crippen LogP contribution in [-0.4, -0.2) is 5.78 Å². The first kappa shape index (κ1) is 10.4. The second-order valence-electron chi connectivity index (χ2n) is 2.86. The van der Waals surface area contributed by atoms with E-state index in [0.717, 1.165) is 5.57 Å². The third-order valence-corrected chi connectivity index (χ3v) is 2.10. The molecule has 0 radical (unpaired) electrons. The summed E-state index contributed by atoms with van der Waals surface area (Å²) in [4.78, 5) is 11.0. The summed E-state index contributed by atoms with van der Waals surface area (Å²) < 4.78 is 0. The molecule has 0 fully saturated rings. The molecule has 64 valence electrons. The van der Waals surface area contributed by atoms with Gasteiger partial charge in [0.15, 0.2) is 5.78 Å². The lowest BCUT2D eigenvalue weighted by Gasteiger charge is -2.04. The van der Waals surface area contributed by atoms with Gasteiger partial charge in [0, 0.05) is 5.92 Å². The van der Waals surface area contributed by atoms with Crippen LogP contribution in [0.15, 0.2) is 11.6 Å². The summed E-state index contributed by atoms with van der Waals surface area (Å²) in [5, 5.41) is 0. The van der Waals surface area contributed by atoms with Crippen LogP contribution < -0.4 is 0 Å². The molecule has 0 aliphatic heterocycles. The van der Waals surface area contributed by atoms with Gasteiger partial charge < -0.3 is 0 Å². The highest BCUT2D eigenvalue weighted by atomic mass is 16.1. The minimum atomic E-state index is 0.227. The minimum absolute atomic E-state index is 0.227. The van der Waals surface area contributed by atoms with Crippen LogP contribution in [0.4, 0.5) is 0 Å². The minimum Gasteiger partial charge on any atom is -0.294 e. The van der Waals surface area contributed by atoms with E-state index in [1.165, 1.54) is 0 Å². The topological polar surface area (TPSA) is 17.1 Å². The van der Waals surface area contributed by atoms with E-state index in [1.807, 2.05) is 33.8 Å². The SMILES string of the molecule is CC.CC1=CC(C)C(C)C1=O. The Bertz CT molecular complexity index is 168. The van der Waals surface area contributed by atoms with E-state index >= 15 is 0 Å².